The Balaban J connectivity index is 5.09. The molecule has 0 heterocycles. The molecule has 0 N–H and O–H groups in total. The van der Waals surface area contributed by atoms with Gasteiger partial charge in [0, 0.05) is 0 Å². The summed E-state index contributed by atoms with van der Waals surface area (Å²) in [4.78, 5) is 0. The molecule has 0 rings (SSSR count). The molecule has 0 unspecified atom stereocenters. The number of hydrogen-bond acceptors (Lipinski definition) is 2. The number of allylic oxidation sites excluding steroid dienone is 4. The number of alkyl halides is 3. The van der Waals surface area contributed by atoms with E-state index in [1.165, 1.54) is 18.2 Å². The first kappa shape index (κ1) is 14.2. The Morgan fingerprint density at radius 3 is 2.06 bits per heavy atom. The van der Waals surface area contributed by atoms with Gasteiger partial charge in [-0.15, -0.1) is 0 Å². The molecule has 0 atom stereocenters. The summed E-state index contributed by atoms with van der Waals surface area (Å²) in [6.07, 6.45) is -3.10. The van der Waals surface area contributed by atoms with E-state index in [9.17, 15) is 13.2 Å². The Kier molecular flexibility index (Phi) is 5.32. The molecule has 5 heteroatoms. The molecular formula is C11H11F3N2. The van der Waals surface area contributed by atoms with Gasteiger partial charge < -0.3 is 0 Å². The van der Waals surface area contributed by atoms with Gasteiger partial charge in [0.05, 0.1) is 6.42 Å². The normalized spacial score (nSPS) is 11.9. The van der Waals surface area contributed by atoms with Crippen LogP contribution in [0.4, 0.5) is 13.2 Å². The maximum absolute atomic E-state index is 12.2. The molecule has 0 aromatic rings. The van der Waals surface area contributed by atoms with E-state index in [0.717, 1.165) is 6.08 Å². The maximum atomic E-state index is 12.2. The van der Waals surface area contributed by atoms with Crippen molar-refractivity contribution in [2.24, 2.45) is 5.92 Å². The molecule has 0 aliphatic carbocycles. The quantitative estimate of drug-likeness (QED) is 0.548. The van der Waals surface area contributed by atoms with Crippen molar-refractivity contribution in [2.45, 2.75) is 26.4 Å². The summed E-state index contributed by atoms with van der Waals surface area (Å²) < 4.78 is 36.5. The lowest BCUT2D eigenvalue weighted by Gasteiger charge is -2.08. The van der Waals surface area contributed by atoms with Gasteiger partial charge in [-0.3, -0.25) is 0 Å². The summed E-state index contributed by atoms with van der Waals surface area (Å²) in [6.45, 7) is 3.45. The molecular weight excluding hydrogens is 217 g/mol. The molecule has 0 radical (unpaired) electrons. The highest BCUT2D eigenvalue weighted by Crippen LogP contribution is 2.26. The summed E-state index contributed by atoms with van der Waals surface area (Å²) >= 11 is 0. The molecule has 0 aliphatic rings. The van der Waals surface area contributed by atoms with Crippen LogP contribution in [0.15, 0.2) is 23.3 Å². The predicted octanol–water partition coefficient (Wildman–Crippen LogP) is 3.49. The van der Waals surface area contributed by atoms with E-state index in [-0.39, 0.29) is 17.1 Å². The van der Waals surface area contributed by atoms with Crippen molar-refractivity contribution < 1.29 is 13.2 Å². The summed E-state index contributed by atoms with van der Waals surface area (Å²) in [5, 5.41) is 16.9. The van der Waals surface area contributed by atoms with Gasteiger partial charge in [-0.1, -0.05) is 19.9 Å². The van der Waals surface area contributed by atoms with E-state index in [0.29, 0.717) is 0 Å². The van der Waals surface area contributed by atoms with Gasteiger partial charge in [-0.25, -0.2) is 0 Å². The number of nitrogens with zero attached hydrogens (tertiary/aromatic N) is 2. The molecule has 0 fully saturated rings. The third-order valence-electron chi connectivity index (χ3n) is 1.52. The largest absolute Gasteiger partial charge is 0.393 e. The van der Waals surface area contributed by atoms with Crippen molar-refractivity contribution in [1.29, 1.82) is 10.5 Å². The zero-order valence-corrected chi connectivity index (χ0v) is 8.97. The Labute approximate surface area is 92.3 Å². The highest BCUT2D eigenvalue weighted by Gasteiger charge is 2.28. The van der Waals surface area contributed by atoms with Crippen LogP contribution in [0.25, 0.3) is 0 Å². The summed E-state index contributed by atoms with van der Waals surface area (Å²) in [7, 11) is 0. The molecule has 0 saturated heterocycles. The molecule has 86 valence electrons. The monoisotopic (exact) mass is 228 g/mol. The molecule has 0 bridgehead atoms. The second kappa shape index (κ2) is 5.97. The Morgan fingerprint density at radius 2 is 1.75 bits per heavy atom. The van der Waals surface area contributed by atoms with E-state index in [1.54, 1.807) is 13.8 Å². The molecule has 0 aliphatic heterocycles. The number of rotatable bonds is 3. The lowest BCUT2D eigenvalue weighted by Crippen LogP contribution is -2.08. The second-order valence-electron chi connectivity index (χ2n) is 3.56. The van der Waals surface area contributed by atoms with Crippen molar-refractivity contribution in [2.75, 3.05) is 0 Å². The number of nitriles is 2. The SMILES string of the molecule is CC(C)/C=C(\C=C(C#N)C#N)CC(F)(F)F. The van der Waals surface area contributed by atoms with Gasteiger partial charge in [-0.05, 0) is 17.6 Å². The first-order valence-corrected chi connectivity index (χ1v) is 4.58. The molecule has 16 heavy (non-hydrogen) atoms. The highest BCUT2D eigenvalue weighted by atomic mass is 19.4. The third kappa shape index (κ3) is 6.67. The fourth-order valence-electron chi connectivity index (χ4n) is 1.09. The first-order chi connectivity index (χ1) is 7.28. The standard InChI is InChI=1S/C11H11F3N2/c1-8(2)3-9(5-11(12,13)14)4-10(6-15)7-16/h3-4,8H,5H2,1-2H3/b9-3+. The highest BCUT2D eigenvalue weighted by molar-refractivity contribution is 5.41. The molecule has 2 nitrogen and oxygen atoms in total. The smallest absolute Gasteiger partial charge is 0.192 e. The second-order valence-corrected chi connectivity index (χ2v) is 3.56. The van der Waals surface area contributed by atoms with Crippen molar-refractivity contribution >= 4 is 0 Å². The van der Waals surface area contributed by atoms with Gasteiger partial charge in [0.2, 0.25) is 0 Å². The number of hydrogen-bond donors (Lipinski definition) is 0. The van der Waals surface area contributed by atoms with E-state index < -0.39 is 12.6 Å². The van der Waals surface area contributed by atoms with Gasteiger partial charge in [0.25, 0.3) is 0 Å². The number of halogens is 3. The van der Waals surface area contributed by atoms with Crippen LogP contribution in [0.1, 0.15) is 20.3 Å². The lowest BCUT2D eigenvalue weighted by atomic mass is 10.0. The summed E-state index contributed by atoms with van der Waals surface area (Å²) in [5.41, 5.74) is -0.378. The predicted molar refractivity (Wildman–Crippen MR) is 52.9 cm³/mol. The van der Waals surface area contributed by atoms with Crippen LogP contribution in [0.2, 0.25) is 0 Å². The van der Waals surface area contributed by atoms with Crippen molar-refractivity contribution in [3.05, 3.63) is 23.3 Å². The Hall–Kier alpha value is -1.75. The lowest BCUT2D eigenvalue weighted by molar-refractivity contribution is -0.126. The third-order valence-corrected chi connectivity index (χ3v) is 1.52. The maximum Gasteiger partial charge on any atom is 0.393 e. The van der Waals surface area contributed by atoms with Gasteiger partial charge >= 0.3 is 6.18 Å². The van der Waals surface area contributed by atoms with Crippen LogP contribution in [0.5, 0.6) is 0 Å². The van der Waals surface area contributed by atoms with E-state index >= 15 is 0 Å². The minimum atomic E-state index is -4.34. The van der Waals surface area contributed by atoms with Crippen LogP contribution in [-0.2, 0) is 0 Å². The first-order valence-electron chi connectivity index (χ1n) is 4.58. The van der Waals surface area contributed by atoms with E-state index in [2.05, 4.69) is 0 Å². The van der Waals surface area contributed by atoms with Crippen LogP contribution in [-0.4, -0.2) is 6.18 Å². The van der Waals surface area contributed by atoms with Crippen molar-refractivity contribution in [3.8, 4) is 12.1 Å². The average Bonchev–Trinajstić information content (AvgIpc) is 2.10. The van der Waals surface area contributed by atoms with Crippen molar-refractivity contribution in [3.63, 3.8) is 0 Å². The molecule has 0 aromatic carbocycles. The van der Waals surface area contributed by atoms with Crippen molar-refractivity contribution in [1.82, 2.24) is 0 Å². The van der Waals surface area contributed by atoms with Gasteiger partial charge in [0.1, 0.15) is 17.7 Å². The molecule has 0 spiro atoms. The van der Waals surface area contributed by atoms with E-state index in [1.807, 2.05) is 0 Å². The molecule has 0 saturated carbocycles. The topological polar surface area (TPSA) is 47.6 Å². The van der Waals surface area contributed by atoms with Crippen LogP contribution in [0, 0.1) is 28.6 Å². The fourth-order valence-corrected chi connectivity index (χ4v) is 1.09. The fraction of sp³-hybridized carbons (Fsp3) is 0.455. The minimum Gasteiger partial charge on any atom is -0.192 e. The zero-order chi connectivity index (χ0) is 12.8. The van der Waals surface area contributed by atoms with Crippen LogP contribution in [0.3, 0.4) is 0 Å². The van der Waals surface area contributed by atoms with Crippen LogP contribution < -0.4 is 0 Å². The van der Waals surface area contributed by atoms with Gasteiger partial charge in [-0.2, -0.15) is 23.7 Å². The minimum absolute atomic E-state index is 0.0550. The summed E-state index contributed by atoms with van der Waals surface area (Å²) in [5.74, 6) is -0.0766. The summed E-state index contributed by atoms with van der Waals surface area (Å²) in [6, 6.07) is 3.07. The Morgan fingerprint density at radius 1 is 1.25 bits per heavy atom. The molecule has 0 amide bonds. The van der Waals surface area contributed by atoms with Gasteiger partial charge in [0.15, 0.2) is 0 Å². The van der Waals surface area contributed by atoms with E-state index in [4.69, 9.17) is 10.5 Å². The molecule has 0 aromatic heterocycles. The Bertz CT molecular complexity index is 360. The zero-order valence-electron chi connectivity index (χ0n) is 8.97. The average molecular weight is 228 g/mol. The van der Waals surface area contributed by atoms with Crippen LogP contribution >= 0.6 is 0 Å².